The maximum atomic E-state index is 12.0. The van der Waals surface area contributed by atoms with E-state index in [-0.39, 0.29) is 11.4 Å². The predicted octanol–water partition coefficient (Wildman–Crippen LogP) is 1.87. The van der Waals surface area contributed by atoms with Crippen LogP contribution in [0.3, 0.4) is 0 Å². The van der Waals surface area contributed by atoms with Crippen molar-refractivity contribution in [2.24, 2.45) is 5.41 Å². The van der Waals surface area contributed by atoms with Gasteiger partial charge in [0, 0.05) is 5.54 Å². The van der Waals surface area contributed by atoms with Crippen LogP contribution in [0, 0.1) is 5.41 Å². The van der Waals surface area contributed by atoms with Gasteiger partial charge in [0.15, 0.2) is 0 Å². The summed E-state index contributed by atoms with van der Waals surface area (Å²) in [7, 11) is 0. The third kappa shape index (κ3) is 4.20. The number of carbonyl (C=O) groups excluding carboxylic acids is 1. The fraction of sp³-hybridized carbons (Fsp3) is 0.867. The van der Waals surface area contributed by atoms with Crippen molar-refractivity contribution in [3.05, 3.63) is 0 Å². The Bertz CT molecular complexity index is 358. The molecule has 2 N–H and O–H groups in total. The van der Waals surface area contributed by atoms with Crippen LogP contribution in [0.25, 0.3) is 0 Å². The Kier molecular flexibility index (Phi) is 5.57. The number of hydrogen-bond acceptors (Lipinski definition) is 3. The van der Waals surface area contributed by atoms with Gasteiger partial charge in [-0.25, -0.2) is 0 Å². The van der Waals surface area contributed by atoms with Gasteiger partial charge in [-0.3, -0.25) is 14.5 Å². The molecule has 0 atom stereocenters. The third-order valence-electron chi connectivity index (χ3n) is 4.67. The van der Waals surface area contributed by atoms with E-state index >= 15 is 0 Å². The lowest BCUT2D eigenvalue weighted by Gasteiger charge is -2.38. The predicted molar refractivity (Wildman–Crippen MR) is 78.5 cm³/mol. The van der Waals surface area contributed by atoms with Crippen LogP contribution >= 0.6 is 0 Å². The topological polar surface area (TPSA) is 69.6 Å². The van der Waals surface area contributed by atoms with Crippen LogP contribution in [0.1, 0.15) is 53.4 Å². The van der Waals surface area contributed by atoms with Crippen LogP contribution in [0.4, 0.5) is 0 Å². The lowest BCUT2D eigenvalue weighted by Crippen LogP contribution is -2.50. The zero-order valence-electron chi connectivity index (χ0n) is 13.2. The molecule has 0 saturated carbocycles. The molecule has 0 radical (unpaired) electrons. The summed E-state index contributed by atoms with van der Waals surface area (Å²) < 4.78 is 0. The largest absolute Gasteiger partial charge is 0.481 e. The Hall–Kier alpha value is -1.10. The molecule has 1 fully saturated rings. The summed E-state index contributed by atoms with van der Waals surface area (Å²) >= 11 is 0. The van der Waals surface area contributed by atoms with Crippen molar-refractivity contribution >= 4 is 11.9 Å². The molecule has 0 aromatic rings. The van der Waals surface area contributed by atoms with Crippen molar-refractivity contribution in [1.82, 2.24) is 10.2 Å². The number of carboxylic acid groups (broad SMARTS) is 1. The Labute approximate surface area is 121 Å². The van der Waals surface area contributed by atoms with Gasteiger partial charge in [-0.1, -0.05) is 13.8 Å². The monoisotopic (exact) mass is 284 g/mol. The van der Waals surface area contributed by atoms with Crippen molar-refractivity contribution in [3.63, 3.8) is 0 Å². The fourth-order valence-electron chi connectivity index (χ4n) is 2.57. The molecule has 0 aromatic heterocycles. The zero-order valence-corrected chi connectivity index (χ0v) is 13.2. The lowest BCUT2D eigenvalue weighted by atomic mass is 9.76. The molecule has 5 heteroatoms. The molecule has 1 amide bonds. The maximum absolute atomic E-state index is 12.0. The van der Waals surface area contributed by atoms with Gasteiger partial charge in [-0.2, -0.15) is 0 Å². The molecule has 1 aliphatic heterocycles. The van der Waals surface area contributed by atoms with Crippen molar-refractivity contribution in [1.29, 1.82) is 0 Å². The number of hydrogen-bond donors (Lipinski definition) is 2. The van der Waals surface area contributed by atoms with Gasteiger partial charge in [0.05, 0.1) is 12.0 Å². The summed E-state index contributed by atoms with van der Waals surface area (Å²) in [5.41, 5.74) is -0.767. The number of carboxylic acids is 1. The van der Waals surface area contributed by atoms with E-state index in [2.05, 4.69) is 10.2 Å². The van der Waals surface area contributed by atoms with Crippen molar-refractivity contribution in [3.8, 4) is 0 Å². The maximum Gasteiger partial charge on any atom is 0.309 e. The van der Waals surface area contributed by atoms with E-state index in [1.54, 1.807) is 0 Å². The highest BCUT2D eigenvalue weighted by Crippen LogP contribution is 2.34. The van der Waals surface area contributed by atoms with Gasteiger partial charge in [-0.05, 0) is 52.6 Å². The number of amides is 1. The lowest BCUT2D eigenvalue weighted by molar-refractivity contribution is -0.152. The van der Waals surface area contributed by atoms with Crippen molar-refractivity contribution < 1.29 is 14.7 Å². The van der Waals surface area contributed by atoms with Crippen LogP contribution in [-0.4, -0.2) is 47.1 Å². The van der Waals surface area contributed by atoms with E-state index in [1.165, 1.54) is 0 Å². The summed E-state index contributed by atoms with van der Waals surface area (Å²) in [6, 6.07) is 0. The van der Waals surface area contributed by atoms with Crippen LogP contribution in [0.2, 0.25) is 0 Å². The minimum Gasteiger partial charge on any atom is -0.481 e. The SMILES string of the molecule is CCC(C)(C)NC(=O)CN1CCC(CC)(C(=O)O)CC1. The normalized spacial score (nSPS) is 19.6. The van der Waals surface area contributed by atoms with E-state index in [4.69, 9.17) is 0 Å². The van der Waals surface area contributed by atoms with Gasteiger partial charge in [0.1, 0.15) is 0 Å². The second-order valence-electron chi connectivity index (χ2n) is 6.50. The Morgan fingerprint density at radius 2 is 1.80 bits per heavy atom. The molecular weight excluding hydrogens is 256 g/mol. The van der Waals surface area contributed by atoms with Gasteiger partial charge in [0.2, 0.25) is 5.91 Å². The molecule has 5 nitrogen and oxygen atoms in total. The molecule has 116 valence electrons. The first-order valence-electron chi connectivity index (χ1n) is 7.51. The van der Waals surface area contributed by atoms with Crippen LogP contribution in [0.15, 0.2) is 0 Å². The second kappa shape index (κ2) is 6.57. The number of carbonyl (C=O) groups is 2. The minimum atomic E-state index is -0.698. The summed E-state index contributed by atoms with van der Waals surface area (Å²) in [6.07, 6.45) is 2.80. The van der Waals surface area contributed by atoms with Crippen LogP contribution in [0.5, 0.6) is 0 Å². The van der Waals surface area contributed by atoms with Crippen molar-refractivity contribution in [2.45, 2.75) is 58.9 Å². The van der Waals surface area contributed by atoms with E-state index in [0.717, 1.165) is 6.42 Å². The first-order valence-corrected chi connectivity index (χ1v) is 7.51. The molecule has 0 unspecified atom stereocenters. The molecular formula is C15H28N2O3. The molecule has 0 aromatic carbocycles. The summed E-state index contributed by atoms with van der Waals surface area (Å²) in [6.45, 7) is 9.72. The van der Waals surface area contributed by atoms with E-state index < -0.39 is 11.4 Å². The number of likely N-dealkylation sites (tertiary alicyclic amines) is 1. The Morgan fingerprint density at radius 1 is 1.25 bits per heavy atom. The van der Waals surface area contributed by atoms with Gasteiger partial charge < -0.3 is 10.4 Å². The third-order valence-corrected chi connectivity index (χ3v) is 4.67. The van der Waals surface area contributed by atoms with E-state index in [0.29, 0.717) is 38.9 Å². The molecule has 1 rings (SSSR count). The molecule has 20 heavy (non-hydrogen) atoms. The number of nitrogens with one attached hydrogen (secondary N) is 1. The van der Waals surface area contributed by atoms with Gasteiger partial charge in [-0.15, -0.1) is 0 Å². The Morgan fingerprint density at radius 3 is 2.20 bits per heavy atom. The van der Waals surface area contributed by atoms with Crippen LogP contribution < -0.4 is 5.32 Å². The minimum absolute atomic E-state index is 0.0242. The molecule has 0 aliphatic carbocycles. The van der Waals surface area contributed by atoms with Gasteiger partial charge >= 0.3 is 5.97 Å². The molecule has 0 bridgehead atoms. The number of rotatable bonds is 6. The first kappa shape index (κ1) is 17.0. The summed E-state index contributed by atoms with van der Waals surface area (Å²) in [5.74, 6) is -0.674. The first-order chi connectivity index (χ1) is 9.24. The van der Waals surface area contributed by atoms with Gasteiger partial charge in [0.25, 0.3) is 0 Å². The number of aliphatic carboxylic acids is 1. The second-order valence-corrected chi connectivity index (χ2v) is 6.50. The van der Waals surface area contributed by atoms with Crippen molar-refractivity contribution in [2.75, 3.05) is 19.6 Å². The quantitative estimate of drug-likeness (QED) is 0.781. The average molecular weight is 284 g/mol. The summed E-state index contributed by atoms with van der Waals surface area (Å²) in [4.78, 5) is 25.4. The number of nitrogens with zero attached hydrogens (tertiary/aromatic N) is 1. The molecule has 1 aliphatic rings. The highest BCUT2D eigenvalue weighted by Gasteiger charge is 2.40. The Balaban J connectivity index is 2.47. The fourth-order valence-corrected chi connectivity index (χ4v) is 2.57. The van der Waals surface area contributed by atoms with E-state index in [9.17, 15) is 14.7 Å². The zero-order chi connectivity index (χ0) is 15.4. The molecule has 1 heterocycles. The highest BCUT2D eigenvalue weighted by molar-refractivity contribution is 5.79. The average Bonchev–Trinajstić information content (AvgIpc) is 2.39. The summed E-state index contributed by atoms with van der Waals surface area (Å²) in [5, 5.41) is 12.4. The molecule has 1 saturated heterocycles. The standard InChI is InChI=1S/C15H28N2O3/c1-5-14(3,4)16-12(18)11-17-9-7-15(6-2,8-10-17)13(19)20/h5-11H2,1-4H3,(H,16,18)(H,19,20). The molecule has 0 spiro atoms. The van der Waals surface area contributed by atoms with E-state index in [1.807, 2.05) is 27.7 Å². The smallest absolute Gasteiger partial charge is 0.309 e. The number of piperidine rings is 1. The highest BCUT2D eigenvalue weighted by atomic mass is 16.4. The van der Waals surface area contributed by atoms with Crippen LogP contribution in [-0.2, 0) is 9.59 Å².